The van der Waals surface area contributed by atoms with E-state index in [-0.39, 0.29) is 5.95 Å². The van der Waals surface area contributed by atoms with Crippen LogP contribution in [0.5, 0.6) is 5.75 Å². The largest absolute Gasteiger partial charge is 0.493 e. The first-order valence-corrected chi connectivity index (χ1v) is 7.79. The molecule has 0 radical (unpaired) electrons. The number of hydrogen-bond acceptors (Lipinski definition) is 7. The number of benzene rings is 1. The summed E-state index contributed by atoms with van der Waals surface area (Å²) in [6.45, 7) is 8.87. The number of tetrazole rings is 1. The molecule has 1 aromatic heterocycles. The summed E-state index contributed by atoms with van der Waals surface area (Å²) < 4.78 is 5.86. The van der Waals surface area contributed by atoms with Gasteiger partial charge >= 0.3 is 0 Å². The number of nitrogens with zero attached hydrogens (tertiary/aromatic N) is 6. The molecule has 1 heterocycles. The fourth-order valence-corrected chi connectivity index (χ4v) is 2.14. The van der Waals surface area contributed by atoms with Crippen molar-refractivity contribution < 1.29 is 4.74 Å². The predicted molar refractivity (Wildman–Crippen MR) is 91.0 cm³/mol. The fourth-order valence-electron chi connectivity index (χ4n) is 2.14. The molecular weight excluding hydrogens is 294 g/mol. The van der Waals surface area contributed by atoms with E-state index in [1.54, 1.807) is 6.21 Å². The molecule has 0 aliphatic rings. The summed E-state index contributed by atoms with van der Waals surface area (Å²) in [5.41, 5.74) is 7.57. The van der Waals surface area contributed by atoms with Gasteiger partial charge in [0.25, 0.3) is 5.95 Å². The summed E-state index contributed by atoms with van der Waals surface area (Å²) in [6.07, 6.45) is 2.58. The van der Waals surface area contributed by atoms with E-state index >= 15 is 0 Å². The minimum Gasteiger partial charge on any atom is -0.493 e. The van der Waals surface area contributed by atoms with Crippen LogP contribution in [0, 0.1) is 0 Å². The highest BCUT2D eigenvalue weighted by molar-refractivity contribution is 5.84. The molecule has 0 fully saturated rings. The van der Waals surface area contributed by atoms with E-state index in [4.69, 9.17) is 10.5 Å². The normalized spacial score (nSPS) is 11.1. The first-order chi connectivity index (χ1) is 11.2. The highest BCUT2D eigenvalue weighted by Crippen LogP contribution is 2.25. The van der Waals surface area contributed by atoms with Gasteiger partial charge in [-0.05, 0) is 42.8 Å². The lowest BCUT2D eigenvalue weighted by atomic mass is 10.1. The summed E-state index contributed by atoms with van der Waals surface area (Å²) >= 11 is 0. The van der Waals surface area contributed by atoms with Gasteiger partial charge in [0, 0.05) is 30.4 Å². The molecule has 2 N–H and O–H groups in total. The Balaban J connectivity index is 2.30. The van der Waals surface area contributed by atoms with E-state index in [0.29, 0.717) is 6.61 Å². The zero-order chi connectivity index (χ0) is 16.7. The zero-order valence-corrected chi connectivity index (χ0v) is 13.8. The van der Waals surface area contributed by atoms with Gasteiger partial charge in [-0.2, -0.15) is 5.10 Å². The lowest BCUT2D eigenvalue weighted by Gasteiger charge is -2.22. The van der Waals surface area contributed by atoms with E-state index in [9.17, 15) is 0 Å². The number of nitrogens with two attached hydrogens (primary N) is 1. The maximum absolute atomic E-state index is 5.86. The Morgan fingerprint density at radius 2 is 2.09 bits per heavy atom. The maximum Gasteiger partial charge on any atom is 0.263 e. The average Bonchev–Trinajstić information content (AvgIpc) is 2.98. The Labute approximate surface area is 135 Å². The quantitative estimate of drug-likeness (QED) is 0.746. The van der Waals surface area contributed by atoms with Crippen LogP contribution in [0.4, 0.5) is 11.6 Å². The van der Waals surface area contributed by atoms with E-state index < -0.39 is 0 Å². The van der Waals surface area contributed by atoms with Crippen LogP contribution >= 0.6 is 0 Å². The molecule has 1 aromatic carbocycles. The summed E-state index contributed by atoms with van der Waals surface area (Å²) in [7, 11) is 0. The Morgan fingerprint density at radius 3 is 2.70 bits per heavy atom. The molecule has 0 amide bonds. The van der Waals surface area contributed by atoms with E-state index in [0.717, 1.165) is 36.5 Å². The lowest BCUT2D eigenvalue weighted by molar-refractivity contribution is 0.317. The van der Waals surface area contributed by atoms with Crippen LogP contribution in [0.3, 0.4) is 0 Å². The number of rotatable bonds is 8. The Morgan fingerprint density at radius 1 is 1.30 bits per heavy atom. The van der Waals surface area contributed by atoms with Gasteiger partial charge < -0.3 is 15.4 Å². The SMILES string of the molecule is CCCOc1cc(N(CC)CC)ccc1C=Nn1nnnc1N. The number of anilines is 2. The van der Waals surface area contributed by atoms with Crippen molar-refractivity contribution >= 4 is 17.9 Å². The average molecular weight is 317 g/mol. The molecule has 0 spiro atoms. The third kappa shape index (κ3) is 4.18. The molecule has 124 valence electrons. The van der Waals surface area contributed by atoms with Crippen molar-refractivity contribution in [2.24, 2.45) is 5.10 Å². The molecule has 0 saturated carbocycles. The van der Waals surface area contributed by atoms with Gasteiger partial charge in [-0.15, -0.1) is 0 Å². The third-order valence-corrected chi connectivity index (χ3v) is 3.37. The topological polar surface area (TPSA) is 94.5 Å². The molecule has 0 aliphatic heterocycles. The summed E-state index contributed by atoms with van der Waals surface area (Å²) in [4.78, 5) is 3.43. The smallest absolute Gasteiger partial charge is 0.263 e. The molecule has 2 aromatic rings. The molecule has 0 atom stereocenters. The van der Waals surface area contributed by atoms with E-state index in [1.165, 1.54) is 4.79 Å². The van der Waals surface area contributed by atoms with Crippen LogP contribution < -0.4 is 15.4 Å². The van der Waals surface area contributed by atoms with Crippen LogP contribution in [-0.2, 0) is 0 Å². The van der Waals surface area contributed by atoms with Gasteiger partial charge in [-0.3, -0.25) is 0 Å². The molecule has 8 nitrogen and oxygen atoms in total. The van der Waals surface area contributed by atoms with Gasteiger partial charge in [-0.25, -0.2) is 0 Å². The van der Waals surface area contributed by atoms with Crippen molar-refractivity contribution in [3.05, 3.63) is 23.8 Å². The highest BCUT2D eigenvalue weighted by Gasteiger charge is 2.08. The molecule has 0 saturated heterocycles. The van der Waals surface area contributed by atoms with E-state index in [1.807, 2.05) is 12.1 Å². The molecular formula is C15H23N7O. The first-order valence-electron chi connectivity index (χ1n) is 7.79. The zero-order valence-electron chi connectivity index (χ0n) is 13.8. The van der Waals surface area contributed by atoms with Crippen molar-refractivity contribution in [2.75, 3.05) is 30.3 Å². The standard InChI is InChI=1S/C15H23N7O/c1-4-9-23-14-10-13(21(5-2)6-3)8-7-12(14)11-17-22-15(16)18-19-20-22/h7-8,10-11H,4-6,9H2,1-3H3,(H2,16,18,20). The second kappa shape index (κ2) is 8.11. The fraction of sp³-hybridized carbons (Fsp3) is 0.467. The van der Waals surface area contributed by atoms with Crippen LogP contribution in [0.2, 0.25) is 0 Å². The monoisotopic (exact) mass is 317 g/mol. The van der Waals surface area contributed by atoms with Crippen molar-refractivity contribution in [3.63, 3.8) is 0 Å². The minimum absolute atomic E-state index is 0.136. The predicted octanol–water partition coefficient (Wildman–Crippen LogP) is 1.77. The Bertz CT molecular complexity index is 649. The maximum atomic E-state index is 5.86. The highest BCUT2D eigenvalue weighted by atomic mass is 16.5. The number of hydrogen-bond donors (Lipinski definition) is 1. The lowest BCUT2D eigenvalue weighted by Crippen LogP contribution is -2.21. The van der Waals surface area contributed by atoms with Crippen molar-refractivity contribution in [2.45, 2.75) is 27.2 Å². The number of nitrogen functional groups attached to an aromatic ring is 1. The van der Waals surface area contributed by atoms with Gasteiger partial charge in [0.2, 0.25) is 0 Å². The van der Waals surface area contributed by atoms with Gasteiger partial charge in [-0.1, -0.05) is 16.8 Å². The van der Waals surface area contributed by atoms with Crippen LogP contribution in [0.15, 0.2) is 23.3 Å². The molecule has 0 aliphatic carbocycles. The summed E-state index contributed by atoms with van der Waals surface area (Å²) in [5, 5.41) is 14.9. The van der Waals surface area contributed by atoms with Crippen molar-refractivity contribution in [1.82, 2.24) is 20.3 Å². The first kappa shape index (κ1) is 16.7. The summed E-state index contributed by atoms with van der Waals surface area (Å²) in [6, 6.07) is 6.06. The molecule has 8 heteroatoms. The minimum atomic E-state index is 0.136. The van der Waals surface area contributed by atoms with Crippen molar-refractivity contribution in [1.29, 1.82) is 0 Å². The summed E-state index contributed by atoms with van der Waals surface area (Å²) in [5.74, 6) is 0.920. The second-order valence-electron chi connectivity index (χ2n) is 4.91. The molecule has 23 heavy (non-hydrogen) atoms. The molecule has 2 rings (SSSR count). The van der Waals surface area contributed by atoms with Gasteiger partial charge in [0.1, 0.15) is 5.75 Å². The van der Waals surface area contributed by atoms with Gasteiger partial charge in [0.15, 0.2) is 0 Å². The number of aromatic nitrogens is 4. The van der Waals surface area contributed by atoms with Crippen molar-refractivity contribution in [3.8, 4) is 5.75 Å². The van der Waals surface area contributed by atoms with Crippen LogP contribution in [0.1, 0.15) is 32.8 Å². The Kier molecular flexibility index (Phi) is 5.90. The third-order valence-electron chi connectivity index (χ3n) is 3.37. The molecule has 0 bridgehead atoms. The second-order valence-corrected chi connectivity index (χ2v) is 4.91. The molecule has 0 unspecified atom stereocenters. The van der Waals surface area contributed by atoms with Gasteiger partial charge in [0.05, 0.1) is 12.8 Å². The van der Waals surface area contributed by atoms with Crippen LogP contribution in [0.25, 0.3) is 0 Å². The van der Waals surface area contributed by atoms with E-state index in [2.05, 4.69) is 52.4 Å². The number of ether oxygens (including phenoxy) is 1. The Hall–Kier alpha value is -2.64. The van der Waals surface area contributed by atoms with Crippen LogP contribution in [-0.4, -0.2) is 46.2 Å².